The Bertz CT molecular complexity index is 994. The van der Waals surface area contributed by atoms with Gasteiger partial charge in [0, 0.05) is 30.5 Å². The molecule has 0 atom stereocenters. The smallest absolute Gasteiger partial charge is 0.270 e. The van der Waals surface area contributed by atoms with Crippen LogP contribution >= 0.6 is 0 Å². The highest BCUT2D eigenvalue weighted by Gasteiger charge is 2.28. The van der Waals surface area contributed by atoms with Crippen molar-refractivity contribution in [1.29, 1.82) is 0 Å². The highest BCUT2D eigenvalue weighted by molar-refractivity contribution is 6.01. The van der Waals surface area contributed by atoms with Crippen LogP contribution in [-0.4, -0.2) is 28.5 Å². The maximum atomic E-state index is 13.5. The largest absolute Gasteiger partial charge is 0.337 e. The van der Waals surface area contributed by atoms with Gasteiger partial charge in [-0.05, 0) is 74.3 Å². The lowest BCUT2D eigenvalue weighted by Gasteiger charge is -2.32. The summed E-state index contributed by atoms with van der Waals surface area (Å²) in [6.07, 6.45) is 4.32. The van der Waals surface area contributed by atoms with Gasteiger partial charge in [-0.15, -0.1) is 0 Å². The molecular weight excluding hydrogens is 356 g/mol. The minimum atomic E-state index is 0.205. The molecule has 1 amide bonds. The molecule has 1 aromatic heterocycles. The number of piperidine rings is 1. The molecule has 0 N–H and O–H groups in total. The van der Waals surface area contributed by atoms with Crippen molar-refractivity contribution >= 4 is 16.8 Å². The van der Waals surface area contributed by atoms with Crippen molar-refractivity contribution in [3.63, 3.8) is 0 Å². The number of rotatable bonds is 5. The molecule has 0 unspecified atom stereocenters. The second kappa shape index (κ2) is 8.44. The molecule has 152 valence electrons. The molecule has 3 aromatic rings. The third kappa shape index (κ3) is 3.83. The molecule has 2 aromatic carbocycles. The number of hydrogen-bond donors (Lipinski definition) is 0. The van der Waals surface area contributed by atoms with E-state index in [1.54, 1.807) is 0 Å². The highest BCUT2D eigenvalue weighted by atomic mass is 16.2. The molecule has 1 saturated heterocycles. The normalized spacial score (nSPS) is 15.2. The van der Waals surface area contributed by atoms with Crippen LogP contribution in [0.25, 0.3) is 10.9 Å². The number of likely N-dealkylation sites (tertiary alicyclic amines) is 1. The van der Waals surface area contributed by atoms with Crippen LogP contribution in [0.4, 0.5) is 0 Å². The van der Waals surface area contributed by atoms with E-state index in [-0.39, 0.29) is 5.91 Å². The topological polar surface area (TPSA) is 25.2 Å². The van der Waals surface area contributed by atoms with Crippen molar-refractivity contribution in [2.24, 2.45) is 5.92 Å². The predicted molar refractivity (Wildman–Crippen MR) is 121 cm³/mol. The van der Waals surface area contributed by atoms with Gasteiger partial charge in [0.05, 0.1) is 0 Å². The fourth-order valence-corrected chi connectivity index (χ4v) is 4.83. The maximum Gasteiger partial charge on any atom is 0.270 e. The maximum absolute atomic E-state index is 13.5. The van der Waals surface area contributed by atoms with Crippen molar-refractivity contribution in [2.45, 2.75) is 53.0 Å². The third-order valence-corrected chi connectivity index (χ3v) is 6.58. The zero-order valence-electron chi connectivity index (χ0n) is 17.9. The molecule has 0 saturated carbocycles. The number of amides is 1. The van der Waals surface area contributed by atoms with Crippen LogP contribution in [0.3, 0.4) is 0 Å². The van der Waals surface area contributed by atoms with Gasteiger partial charge in [-0.1, -0.05) is 43.3 Å². The van der Waals surface area contributed by atoms with Gasteiger partial charge < -0.3 is 9.47 Å². The second-order valence-corrected chi connectivity index (χ2v) is 8.35. The number of carbonyl (C=O) groups is 1. The van der Waals surface area contributed by atoms with E-state index in [1.807, 2.05) is 0 Å². The van der Waals surface area contributed by atoms with E-state index in [1.165, 1.54) is 22.0 Å². The molecule has 1 aliphatic heterocycles. The van der Waals surface area contributed by atoms with E-state index in [4.69, 9.17) is 0 Å². The van der Waals surface area contributed by atoms with Crippen molar-refractivity contribution in [1.82, 2.24) is 9.47 Å². The summed E-state index contributed by atoms with van der Waals surface area (Å²) in [4.78, 5) is 15.6. The Hall–Kier alpha value is -2.55. The first-order valence-corrected chi connectivity index (χ1v) is 11.1. The molecule has 29 heavy (non-hydrogen) atoms. The van der Waals surface area contributed by atoms with Gasteiger partial charge in [0.2, 0.25) is 0 Å². The van der Waals surface area contributed by atoms with Gasteiger partial charge in [0.1, 0.15) is 5.69 Å². The Morgan fingerprint density at radius 1 is 1.00 bits per heavy atom. The van der Waals surface area contributed by atoms with Crippen LogP contribution in [0.15, 0.2) is 48.5 Å². The second-order valence-electron chi connectivity index (χ2n) is 8.35. The highest BCUT2D eigenvalue weighted by Crippen LogP contribution is 2.30. The van der Waals surface area contributed by atoms with E-state index < -0.39 is 0 Å². The molecule has 0 radical (unpaired) electrons. The lowest BCUT2D eigenvalue weighted by molar-refractivity contribution is 0.0679. The van der Waals surface area contributed by atoms with Gasteiger partial charge >= 0.3 is 0 Å². The first-order valence-electron chi connectivity index (χ1n) is 11.1. The molecule has 3 nitrogen and oxygen atoms in total. The monoisotopic (exact) mass is 388 g/mol. The van der Waals surface area contributed by atoms with Crippen LogP contribution < -0.4 is 0 Å². The predicted octanol–water partition coefficient (Wildman–Crippen LogP) is 5.63. The quantitative estimate of drug-likeness (QED) is 0.556. The number of aryl methyl sites for hydroxylation is 3. The van der Waals surface area contributed by atoms with Gasteiger partial charge in [-0.25, -0.2) is 0 Å². The van der Waals surface area contributed by atoms with Gasteiger partial charge in [-0.2, -0.15) is 0 Å². The van der Waals surface area contributed by atoms with E-state index in [2.05, 4.69) is 78.8 Å². The lowest BCUT2D eigenvalue weighted by Crippen LogP contribution is -2.40. The number of nitrogens with zero attached hydrogens (tertiary/aromatic N) is 2. The summed E-state index contributed by atoms with van der Waals surface area (Å²) in [6, 6.07) is 17.4. The summed E-state index contributed by atoms with van der Waals surface area (Å²) in [7, 11) is 0. The Morgan fingerprint density at radius 2 is 1.72 bits per heavy atom. The van der Waals surface area contributed by atoms with Crippen LogP contribution in [0.2, 0.25) is 0 Å². The summed E-state index contributed by atoms with van der Waals surface area (Å²) in [5.41, 5.74) is 5.94. The summed E-state index contributed by atoms with van der Waals surface area (Å²) >= 11 is 0. The van der Waals surface area contributed by atoms with Gasteiger partial charge in [-0.3, -0.25) is 4.79 Å². The standard InChI is InChI=1S/C26H32N2O/c1-4-20-11-12-24-23(18-20)19(3)25(28(24)5-2)26(29)27-15-13-22(14-16-27)17-21-9-7-6-8-10-21/h6-12,18,22H,4-5,13-17H2,1-3H3. The van der Waals surface area contributed by atoms with Crippen molar-refractivity contribution in [2.75, 3.05) is 13.1 Å². The third-order valence-electron chi connectivity index (χ3n) is 6.58. The Kier molecular flexibility index (Phi) is 5.75. The average Bonchev–Trinajstić information content (AvgIpc) is 3.05. The molecular formula is C26H32N2O. The summed E-state index contributed by atoms with van der Waals surface area (Å²) < 4.78 is 2.21. The number of aromatic nitrogens is 1. The zero-order chi connectivity index (χ0) is 20.4. The zero-order valence-corrected chi connectivity index (χ0v) is 17.9. The Balaban J connectivity index is 1.53. The average molecular weight is 389 g/mol. The lowest BCUT2D eigenvalue weighted by atomic mass is 9.90. The Morgan fingerprint density at radius 3 is 2.38 bits per heavy atom. The van der Waals surface area contributed by atoms with E-state index in [0.717, 1.165) is 56.6 Å². The summed E-state index contributed by atoms with van der Waals surface area (Å²) in [5.74, 6) is 0.878. The minimum absolute atomic E-state index is 0.205. The van der Waals surface area contributed by atoms with Crippen molar-refractivity contribution < 1.29 is 4.79 Å². The van der Waals surface area contributed by atoms with Gasteiger partial charge in [0.25, 0.3) is 5.91 Å². The summed E-state index contributed by atoms with van der Waals surface area (Å²) in [5, 5.41) is 1.23. The molecule has 2 heterocycles. The van der Waals surface area contributed by atoms with E-state index in [0.29, 0.717) is 5.92 Å². The fourth-order valence-electron chi connectivity index (χ4n) is 4.83. The molecule has 0 bridgehead atoms. The molecule has 0 aliphatic carbocycles. The number of carbonyl (C=O) groups excluding carboxylic acids is 1. The molecule has 3 heteroatoms. The SMILES string of the molecule is CCc1ccc2c(c1)c(C)c(C(=O)N1CCC(Cc3ccccc3)CC1)n2CC. The summed E-state index contributed by atoms with van der Waals surface area (Å²) in [6.45, 7) is 8.97. The Labute approximate surface area is 174 Å². The first-order chi connectivity index (χ1) is 14.1. The molecule has 1 fully saturated rings. The number of fused-ring (bicyclic) bond motifs is 1. The van der Waals surface area contributed by atoms with Crippen LogP contribution in [-0.2, 0) is 19.4 Å². The van der Waals surface area contributed by atoms with Crippen LogP contribution in [0.5, 0.6) is 0 Å². The first kappa shape index (κ1) is 19.8. The van der Waals surface area contributed by atoms with Gasteiger partial charge in [0.15, 0.2) is 0 Å². The molecule has 4 rings (SSSR count). The minimum Gasteiger partial charge on any atom is -0.337 e. The molecule has 0 spiro atoms. The molecule has 1 aliphatic rings. The van der Waals surface area contributed by atoms with Crippen molar-refractivity contribution in [3.8, 4) is 0 Å². The van der Waals surface area contributed by atoms with Crippen LogP contribution in [0, 0.1) is 12.8 Å². The van der Waals surface area contributed by atoms with E-state index in [9.17, 15) is 4.79 Å². The fraction of sp³-hybridized carbons (Fsp3) is 0.423. The number of hydrogen-bond acceptors (Lipinski definition) is 1. The number of benzene rings is 2. The van der Waals surface area contributed by atoms with Crippen molar-refractivity contribution in [3.05, 3.63) is 70.9 Å². The van der Waals surface area contributed by atoms with Crippen LogP contribution in [0.1, 0.15) is 53.9 Å². The van der Waals surface area contributed by atoms with E-state index >= 15 is 0 Å².